The molecule has 3 fully saturated rings. The van der Waals surface area contributed by atoms with Gasteiger partial charge in [-0.15, -0.1) is 0 Å². The lowest BCUT2D eigenvalue weighted by Crippen LogP contribution is -2.58. The van der Waals surface area contributed by atoms with E-state index in [0.717, 1.165) is 73.3 Å². The van der Waals surface area contributed by atoms with E-state index in [2.05, 4.69) is 31.5 Å². The number of carbonyl (C=O) groups is 3. The van der Waals surface area contributed by atoms with E-state index in [4.69, 9.17) is 20.0 Å². The average Bonchev–Trinajstić information content (AvgIpc) is 3.72. The Kier molecular flexibility index (Phi) is 12.5. The minimum atomic E-state index is -1.05. The summed E-state index contributed by atoms with van der Waals surface area (Å²) in [7, 11) is 0. The van der Waals surface area contributed by atoms with Crippen LogP contribution in [0.25, 0.3) is 11.0 Å². The van der Waals surface area contributed by atoms with E-state index in [9.17, 15) is 14.4 Å². The number of ether oxygens (including phenoxy) is 1. The van der Waals surface area contributed by atoms with Crippen LogP contribution in [-0.2, 0) is 20.7 Å². The molecule has 1 atom stereocenters. The van der Waals surface area contributed by atoms with Crippen LogP contribution in [0, 0.1) is 11.8 Å². The van der Waals surface area contributed by atoms with Crippen molar-refractivity contribution >= 4 is 44.7 Å². The van der Waals surface area contributed by atoms with Crippen molar-refractivity contribution in [3.63, 3.8) is 0 Å². The zero-order valence-electron chi connectivity index (χ0n) is 26.9. The molecule has 1 saturated carbocycles. The predicted molar refractivity (Wildman–Crippen MR) is 184 cm³/mol. The van der Waals surface area contributed by atoms with Gasteiger partial charge < -0.3 is 35.5 Å². The van der Waals surface area contributed by atoms with Gasteiger partial charge in [-0.1, -0.05) is 59.1 Å². The van der Waals surface area contributed by atoms with Crippen LogP contribution in [0.3, 0.4) is 0 Å². The van der Waals surface area contributed by atoms with Gasteiger partial charge in [0.25, 0.3) is 0 Å². The van der Waals surface area contributed by atoms with E-state index >= 15 is 0 Å². The van der Waals surface area contributed by atoms with Crippen molar-refractivity contribution in [3.05, 3.63) is 70.4 Å². The van der Waals surface area contributed by atoms with Crippen LogP contribution in [0.2, 0.25) is 0 Å². The molecule has 6 rings (SSSR count). The molecule has 2 aliphatic heterocycles. The molecular weight excluding hydrogens is 664 g/mol. The van der Waals surface area contributed by atoms with Gasteiger partial charge >= 0.3 is 5.97 Å². The van der Waals surface area contributed by atoms with Crippen LogP contribution in [0.5, 0.6) is 0 Å². The van der Waals surface area contributed by atoms with Crippen molar-refractivity contribution in [2.75, 3.05) is 39.4 Å². The van der Waals surface area contributed by atoms with Gasteiger partial charge in [-0.2, -0.15) is 0 Å². The lowest BCUT2D eigenvalue weighted by Gasteiger charge is -2.35. The summed E-state index contributed by atoms with van der Waals surface area (Å²) in [5, 5.41) is 15.6. The Bertz CT molecular complexity index is 1480. The van der Waals surface area contributed by atoms with Crippen LogP contribution in [-0.4, -0.2) is 78.8 Å². The Morgan fingerprint density at radius 2 is 1.68 bits per heavy atom. The van der Waals surface area contributed by atoms with E-state index in [0.29, 0.717) is 37.3 Å². The quantitative estimate of drug-likeness (QED) is 0.226. The van der Waals surface area contributed by atoms with Crippen molar-refractivity contribution < 1.29 is 28.6 Å². The molecule has 3 aromatic rings. The summed E-state index contributed by atoms with van der Waals surface area (Å²) in [4.78, 5) is 39.3. The third kappa shape index (κ3) is 10.1. The molecule has 47 heavy (non-hydrogen) atoms. The fourth-order valence-corrected chi connectivity index (χ4v) is 7.13. The monoisotopic (exact) mass is 710 g/mol. The molecule has 2 amide bonds. The normalized spacial score (nSPS) is 19.4. The summed E-state index contributed by atoms with van der Waals surface area (Å²) in [5.41, 5.74) is 7.13. The number of hydrogen-bond acceptors (Lipinski definition) is 7. The lowest BCUT2D eigenvalue weighted by atomic mass is 9.93. The minimum absolute atomic E-state index is 0.0342. The summed E-state index contributed by atoms with van der Waals surface area (Å²) in [5.74, 6) is -0.136. The van der Waals surface area contributed by atoms with Crippen molar-refractivity contribution in [1.29, 1.82) is 0 Å². The third-order valence-corrected chi connectivity index (χ3v) is 10.2. The highest BCUT2D eigenvalue weighted by atomic mass is 79.9. The van der Waals surface area contributed by atoms with Crippen LogP contribution in [0.4, 0.5) is 0 Å². The van der Waals surface area contributed by atoms with Crippen molar-refractivity contribution in [2.45, 2.75) is 69.4 Å². The molecule has 10 nitrogen and oxygen atoms in total. The summed E-state index contributed by atoms with van der Waals surface area (Å²) in [6.45, 7) is 5.83. The van der Waals surface area contributed by atoms with E-state index in [-0.39, 0.29) is 17.6 Å². The maximum atomic E-state index is 13.2. The number of nitrogens with two attached hydrogens (primary N) is 1. The molecule has 254 valence electrons. The van der Waals surface area contributed by atoms with Crippen LogP contribution in [0.15, 0.2) is 63.5 Å². The van der Waals surface area contributed by atoms with E-state index in [1.165, 1.54) is 25.5 Å². The second-order valence-electron chi connectivity index (χ2n) is 13.2. The standard InChI is InChI=1S/C27H42N4O3.C9H5BrO3/c28-27(12-4-5-13-27)26(33)30-24(18-21-6-2-1-3-7-21)25(32)29-19-22-8-14-31(15-9-22)20-23-10-16-34-17-11-23;10-6-1-2-7-5(3-6)4-8(13-7)9(11)12/h1-3,6-7,22-24H,4-5,8-20,28H2,(H,29,32)(H,30,33);1-4H,(H,11,12)/t24-;/m1./s1. The number of halogens is 1. The first kappa shape index (κ1) is 35.1. The summed E-state index contributed by atoms with van der Waals surface area (Å²) in [6.07, 6.45) is 8.33. The Labute approximate surface area is 284 Å². The average molecular weight is 712 g/mol. The molecule has 0 radical (unpaired) electrons. The molecule has 5 N–H and O–H groups in total. The highest BCUT2D eigenvalue weighted by molar-refractivity contribution is 9.10. The Balaban J connectivity index is 0.000000277. The minimum Gasteiger partial charge on any atom is -0.475 e. The number of piperidine rings is 1. The smallest absolute Gasteiger partial charge is 0.371 e. The van der Waals surface area contributed by atoms with E-state index < -0.39 is 17.6 Å². The number of carboxylic acid groups (broad SMARTS) is 1. The Morgan fingerprint density at radius 3 is 2.36 bits per heavy atom. The van der Waals surface area contributed by atoms with Crippen molar-refractivity contribution in [2.24, 2.45) is 17.6 Å². The van der Waals surface area contributed by atoms with Crippen molar-refractivity contribution in [1.82, 2.24) is 15.5 Å². The topological polar surface area (TPSA) is 147 Å². The lowest BCUT2D eigenvalue weighted by molar-refractivity contribution is -0.132. The van der Waals surface area contributed by atoms with Gasteiger partial charge in [-0.05, 0) is 93.3 Å². The first-order chi connectivity index (χ1) is 22.7. The summed E-state index contributed by atoms with van der Waals surface area (Å²) >= 11 is 3.29. The number of nitrogens with zero attached hydrogens (tertiary/aromatic N) is 1. The number of furan rings is 1. The Hall–Kier alpha value is -3.25. The highest BCUT2D eigenvalue weighted by Crippen LogP contribution is 2.28. The van der Waals surface area contributed by atoms with E-state index in [1.807, 2.05) is 36.4 Å². The number of carboxylic acids is 1. The van der Waals surface area contributed by atoms with Crippen LogP contribution >= 0.6 is 15.9 Å². The predicted octanol–water partition coefficient (Wildman–Crippen LogP) is 5.13. The third-order valence-electron chi connectivity index (χ3n) is 9.67. The maximum absolute atomic E-state index is 13.2. The maximum Gasteiger partial charge on any atom is 0.371 e. The van der Waals surface area contributed by atoms with Gasteiger partial charge in [0.2, 0.25) is 17.6 Å². The number of amides is 2. The van der Waals surface area contributed by atoms with Gasteiger partial charge in [0.1, 0.15) is 11.6 Å². The second kappa shape index (κ2) is 16.7. The number of hydrogen-bond donors (Lipinski definition) is 4. The summed E-state index contributed by atoms with van der Waals surface area (Å²) in [6, 6.07) is 16.1. The van der Waals surface area contributed by atoms with Gasteiger partial charge in [-0.25, -0.2) is 4.79 Å². The number of nitrogens with one attached hydrogen (secondary N) is 2. The van der Waals surface area contributed by atoms with Gasteiger partial charge in [0.15, 0.2) is 0 Å². The number of likely N-dealkylation sites (tertiary alicyclic amines) is 1. The molecule has 1 aromatic heterocycles. The van der Waals surface area contributed by atoms with Gasteiger partial charge in [0.05, 0.1) is 5.54 Å². The molecule has 0 bridgehead atoms. The fourth-order valence-electron chi connectivity index (χ4n) is 6.75. The zero-order chi connectivity index (χ0) is 33.2. The second-order valence-corrected chi connectivity index (χ2v) is 14.1. The molecule has 3 heterocycles. The van der Waals surface area contributed by atoms with Crippen molar-refractivity contribution in [3.8, 4) is 0 Å². The number of aromatic carboxylic acids is 1. The first-order valence-corrected chi connectivity index (χ1v) is 17.6. The number of benzene rings is 2. The zero-order valence-corrected chi connectivity index (χ0v) is 28.5. The molecule has 2 saturated heterocycles. The molecule has 0 unspecified atom stereocenters. The molecule has 11 heteroatoms. The molecule has 2 aromatic carbocycles. The Morgan fingerprint density at radius 1 is 0.979 bits per heavy atom. The summed E-state index contributed by atoms with van der Waals surface area (Å²) < 4.78 is 11.4. The molecule has 3 aliphatic rings. The molecule has 0 spiro atoms. The van der Waals surface area contributed by atoms with Crippen LogP contribution in [0.1, 0.15) is 67.5 Å². The molecular formula is C36H47BrN4O6. The largest absolute Gasteiger partial charge is 0.475 e. The van der Waals surface area contributed by atoms with E-state index in [1.54, 1.807) is 12.1 Å². The number of carbonyl (C=O) groups excluding carboxylic acids is 2. The van der Waals surface area contributed by atoms with Gasteiger partial charge in [0, 0.05) is 42.6 Å². The van der Waals surface area contributed by atoms with Crippen LogP contribution < -0.4 is 16.4 Å². The number of fused-ring (bicyclic) bond motifs is 1. The number of rotatable bonds is 10. The van der Waals surface area contributed by atoms with Gasteiger partial charge in [-0.3, -0.25) is 9.59 Å². The fraction of sp³-hybridized carbons (Fsp3) is 0.528. The highest BCUT2D eigenvalue weighted by Gasteiger charge is 2.39. The molecule has 1 aliphatic carbocycles. The SMILES string of the molecule is NC1(C(=O)N[C@H](Cc2ccccc2)C(=O)NCC2CCN(CC3CCOCC3)CC2)CCCC1.O=C(O)c1cc2cc(Br)ccc2o1. The first-order valence-electron chi connectivity index (χ1n) is 16.8.